The molecule has 3 aromatic rings. The molecule has 2 atom stereocenters. The summed E-state index contributed by atoms with van der Waals surface area (Å²) in [6.45, 7) is 0. The molecule has 12 heteroatoms. The van der Waals surface area contributed by atoms with Gasteiger partial charge in [0.15, 0.2) is 0 Å². The molecule has 2 aromatic heterocycles. The molecular weight excluding hydrogens is 581 g/mol. The van der Waals surface area contributed by atoms with E-state index >= 15 is 0 Å². The van der Waals surface area contributed by atoms with Crippen LogP contribution in [0.5, 0.6) is 0 Å². The van der Waals surface area contributed by atoms with Gasteiger partial charge in [-0.05, 0) is 60.9 Å². The number of fused-ring (bicyclic) bond motifs is 3. The number of carbonyl (C=O) groups is 4. The lowest BCUT2D eigenvalue weighted by Crippen LogP contribution is -2.64. The first-order valence-electron chi connectivity index (χ1n) is 13.6. The van der Waals surface area contributed by atoms with Gasteiger partial charge in [0.1, 0.15) is 12.1 Å². The van der Waals surface area contributed by atoms with E-state index in [1.54, 1.807) is 47.6 Å². The fourth-order valence-corrected chi connectivity index (χ4v) is 6.39. The van der Waals surface area contributed by atoms with Crippen LogP contribution in [0.1, 0.15) is 47.2 Å². The molecule has 3 N–H and O–H groups in total. The Hall–Kier alpha value is -4.02. The summed E-state index contributed by atoms with van der Waals surface area (Å²) in [4.78, 5) is 61.4. The van der Waals surface area contributed by atoms with E-state index in [-0.39, 0.29) is 46.3 Å². The molecule has 3 amide bonds. The number of amides is 3. The van der Waals surface area contributed by atoms with Crippen molar-refractivity contribution in [2.45, 2.75) is 56.7 Å². The first kappa shape index (κ1) is 29.5. The average Bonchev–Trinajstić information content (AvgIpc) is 2.98. The number of aromatic nitrogens is 2. The Morgan fingerprint density at radius 2 is 1.62 bits per heavy atom. The number of hydrogen-bond donors (Lipinski definition) is 3. The molecule has 1 aliphatic carbocycles. The zero-order valence-electron chi connectivity index (χ0n) is 22.5. The Bertz CT molecular complexity index is 1460. The van der Waals surface area contributed by atoms with Crippen molar-refractivity contribution in [1.29, 1.82) is 0 Å². The molecule has 3 fully saturated rings. The first-order chi connectivity index (χ1) is 20.2. The lowest BCUT2D eigenvalue weighted by atomic mass is 9.74. The molecule has 42 heavy (non-hydrogen) atoms. The van der Waals surface area contributed by atoms with Gasteiger partial charge in [-0.1, -0.05) is 41.4 Å². The van der Waals surface area contributed by atoms with Gasteiger partial charge in [0.25, 0.3) is 5.91 Å². The standard InChI is InChI=1S/C30H29Cl2N5O5/c31-22-15-34-16-23(32)26(22)28(39)35-20-7-3-17(4-8-20)12-24(30(41)42)36-29(40)27-19-5-9-21(10-6-19)37(27)25(38)13-18-2-1-11-33-14-18/h1-4,7-8,11,14-16,19,21,24,27H,5-6,9-10,12-13H2,(H,35,39)(H,36,40)(H,41,42). The van der Waals surface area contributed by atoms with Crippen molar-refractivity contribution in [3.05, 3.63) is 87.9 Å². The number of rotatable bonds is 9. The maximum Gasteiger partial charge on any atom is 0.326 e. The minimum Gasteiger partial charge on any atom is -0.480 e. The number of aliphatic carboxylic acids is 1. The van der Waals surface area contributed by atoms with Crippen molar-refractivity contribution in [3.63, 3.8) is 0 Å². The summed E-state index contributed by atoms with van der Waals surface area (Å²) in [5.74, 6) is -2.33. The molecule has 0 radical (unpaired) electrons. The molecule has 2 bridgehead atoms. The first-order valence-corrected chi connectivity index (χ1v) is 14.4. The highest BCUT2D eigenvalue weighted by Crippen LogP contribution is 2.40. The molecule has 6 rings (SSSR count). The van der Waals surface area contributed by atoms with Gasteiger partial charge in [0.05, 0.1) is 22.0 Å². The second-order valence-electron chi connectivity index (χ2n) is 10.6. The summed E-state index contributed by atoms with van der Waals surface area (Å²) in [5.41, 5.74) is 1.94. The molecule has 1 saturated carbocycles. The number of hydrogen-bond acceptors (Lipinski definition) is 6. The minimum absolute atomic E-state index is 0.0156. The topological polar surface area (TPSA) is 142 Å². The summed E-state index contributed by atoms with van der Waals surface area (Å²) in [6.07, 6.45) is 9.36. The smallest absolute Gasteiger partial charge is 0.326 e. The van der Waals surface area contributed by atoms with Crippen LogP contribution in [0.2, 0.25) is 10.0 Å². The molecule has 2 aliphatic heterocycles. The number of carboxylic acid groups (broad SMARTS) is 1. The van der Waals surface area contributed by atoms with Crippen LogP contribution in [0.25, 0.3) is 0 Å². The highest BCUT2D eigenvalue weighted by Gasteiger charge is 2.47. The molecule has 1 aromatic carbocycles. The molecule has 218 valence electrons. The monoisotopic (exact) mass is 609 g/mol. The zero-order chi connectivity index (χ0) is 29.8. The molecule has 4 heterocycles. The van der Waals surface area contributed by atoms with E-state index in [0.717, 1.165) is 31.2 Å². The van der Waals surface area contributed by atoms with Gasteiger partial charge in [0, 0.05) is 42.9 Å². The van der Waals surface area contributed by atoms with Crippen molar-refractivity contribution < 1.29 is 24.3 Å². The summed E-state index contributed by atoms with van der Waals surface area (Å²) < 4.78 is 0. The Morgan fingerprint density at radius 1 is 0.929 bits per heavy atom. The van der Waals surface area contributed by atoms with Crippen LogP contribution < -0.4 is 10.6 Å². The molecule has 2 unspecified atom stereocenters. The van der Waals surface area contributed by atoms with Gasteiger partial charge in [-0.2, -0.15) is 0 Å². The van der Waals surface area contributed by atoms with E-state index in [9.17, 15) is 24.3 Å². The van der Waals surface area contributed by atoms with Crippen LogP contribution in [0, 0.1) is 5.92 Å². The number of piperidine rings is 2. The number of benzene rings is 1. The SMILES string of the molecule is O=C(Nc1ccc(CC(NC(=O)C2C3CCC(CC3)N2C(=O)Cc2cccnc2)C(=O)O)cc1)c1c(Cl)cncc1Cl. The normalized spacial score (nSPS) is 20.0. The largest absolute Gasteiger partial charge is 0.480 e. The van der Waals surface area contributed by atoms with Crippen LogP contribution in [0.3, 0.4) is 0 Å². The van der Waals surface area contributed by atoms with Gasteiger partial charge >= 0.3 is 5.97 Å². The number of carbonyl (C=O) groups excluding carboxylic acids is 3. The molecular formula is C30H29Cl2N5O5. The van der Waals surface area contributed by atoms with Crippen LogP contribution in [0.15, 0.2) is 61.2 Å². The average molecular weight is 610 g/mol. The predicted octanol–water partition coefficient (Wildman–Crippen LogP) is 4.16. The number of anilines is 1. The summed E-state index contributed by atoms with van der Waals surface area (Å²) in [5, 5.41) is 15.6. The van der Waals surface area contributed by atoms with Crippen molar-refractivity contribution in [1.82, 2.24) is 20.2 Å². The number of carboxylic acids is 1. The third-order valence-corrected chi connectivity index (χ3v) is 8.44. The molecule has 3 aliphatic rings. The number of halogens is 2. The van der Waals surface area contributed by atoms with Crippen LogP contribution >= 0.6 is 23.2 Å². The van der Waals surface area contributed by atoms with Crippen molar-refractivity contribution in [3.8, 4) is 0 Å². The number of pyridine rings is 2. The zero-order valence-corrected chi connectivity index (χ0v) is 24.0. The van der Waals surface area contributed by atoms with Gasteiger partial charge in [-0.15, -0.1) is 0 Å². The van der Waals surface area contributed by atoms with Crippen LogP contribution in [-0.2, 0) is 27.2 Å². The third kappa shape index (κ3) is 6.55. The Labute approximate surface area is 252 Å². The molecule has 0 spiro atoms. The van der Waals surface area contributed by atoms with E-state index in [4.69, 9.17) is 23.2 Å². The minimum atomic E-state index is -1.21. The lowest BCUT2D eigenvalue weighted by Gasteiger charge is -2.50. The van der Waals surface area contributed by atoms with Gasteiger partial charge in [0.2, 0.25) is 11.8 Å². The van der Waals surface area contributed by atoms with E-state index in [0.29, 0.717) is 11.3 Å². The number of nitrogens with one attached hydrogen (secondary N) is 2. The molecule has 10 nitrogen and oxygen atoms in total. The van der Waals surface area contributed by atoms with Gasteiger partial charge in [-0.25, -0.2) is 4.79 Å². The van der Waals surface area contributed by atoms with Gasteiger partial charge in [-0.3, -0.25) is 24.4 Å². The highest BCUT2D eigenvalue weighted by atomic mass is 35.5. The van der Waals surface area contributed by atoms with E-state index in [1.165, 1.54) is 12.4 Å². The van der Waals surface area contributed by atoms with Crippen LogP contribution in [-0.4, -0.2) is 61.8 Å². The molecule has 2 saturated heterocycles. The van der Waals surface area contributed by atoms with Gasteiger partial charge < -0.3 is 20.6 Å². The second kappa shape index (κ2) is 12.9. The van der Waals surface area contributed by atoms with Crippen molar-refractivity contribution in [2.75, 3.05) is 5.32 Å². The number of nitrogens with zero attached hydrogens (tertiary/aromatic N) is 3. The summed E-state index contributed by atoms with van der Waals surface area (Å²) in [7, 11) is 0. The van der Waals surface area contributed by atoms with E-state index in [2.05, 4.69) is 20.6 Å². The fourth-order valence-electron chi connectivity index (χ4n) is 5.86. The summed E-state index contributed by atoms with van der Waals surface area (Å²) >= 11 is 12.1. The highest BCUT2D eigenvalue weighted by molar-refractivity contribution is 6.40. The van der Waals surface area contributed by atoms with E-state index in [1.807, 2.05) is 6.07 Å². The lowest BCUT2D eigenvalue weighted by molar-refractivity contribution is -0.154. The Balaban J connectivity index is 1.25. The van der Waals surface area contributed by atoms with E-state index < -0.39 is 29.9 Å². The third-order valence-electron chi connectivity index (χ3n) is 7.86. The maximum absolute atomic E-state index is 13.6. The summed E-state index contributed by atoms with van der Waals surface area (Å²) in [6, 6.07) is 8.20. The fraction of sp³-hybridized carbons (Fsp3) is 0.333. The Morgan fingerprint density at radius 3 is 2.24 bits per heavy atom. The maximum atomic E-state index is 13.6. The Kier molecular flexibility index (Phi) is 9.03. The second-order valence-corrected chi connectivity index (χ2v) is 11.4. The van der Waals surface area contributed by atoms with Crippen molar-refractivity contribution >= 4 is 52.6 Å². The quantitative estimate of drug-likeness (QED) is 0.331. The van der Waals surface area contributed by atoms with Crippen LogP contribution in [0.4, 0.5) is 5.69 Å². The van der Waals surface area contributed by atoms with Crippen molar-refractivity contribution in [2.24, 2.45) is 5.92 Å². The predicted molar refractivity (Wildman–Crippen MR) is 156 cm³/mol.